The van der Waals surface area contributed by atoms with Crippen molar-refractivity contribution < 1.29 is 18.3 Å². The third-order valence-corrected chi connectivity index (χ3v) is 5.36. The van der Waals surface area contributed by atoms with Crippen LogP contribution in [-0.4, -0.2) is 23.0 Å². The van der Waals surface area contributed by atoms with Crippen molar-refractivity contribution in [2.45, 2.75) is 38.1 Å². The number of carbonyl (C=O) groups excluding carboxylic acids is 1. The van der Waals surface area contributed by atoms with E-state index >= 15 is 0 Å². The topological polar surface area (TPSA) is 84.1 Å². The molecule has 0 radical (unpaired) electrons. The number of H-pyrrole nitrogens is 1. The van der Waals surface area contributed by atoms with E-state index < -0.39 is 23.6 Å². The zero-order chi connectivity index (χ0) is 21.4. The Morgan fingerprint density at radius 2 is 2.10 bits per heavy atom. The molecule has 156 valence electrons. The number of rotatable bonds is 6. The highest BCUT2D eigenvalue weighted by Crippen LogP contribution is 2.45. The summed E-state index contributed by atoms with van der Waals surface area (Å²) in [5.74, 6) is -1.28. The number of methoxy groups -OCH3 is 1. The summed E-state index contributed by atoms with van der Waals surface area (Å²) in [6, 6.07) is 4.23. The summed E-state index contributed by atoms with van der Waals surface area (Å²) in [4.78, 5) is 32.5. The van der Waals surface area contributed by atoms with Crippen LogP contribution in [0.1, 0.15) is 48.4 Å². The Kier molecular flexibility index (Phi) is 5.24. The maximum absolute atomic E-state index is 14.0. The lowest BCUT2D eigenvalue weighted by atomic mass is 9.97. The molecule has 0 unspecified atom stereocenters. The number of hydrogen-bond acceptors (Lipinski definition) is 4. The van der Waals surface area contributed by atoms with Crippen molar-refractivity contribution in [2.24, 2.45) is 0 Å². The first kappa shape index (κ1) is 20.0. The first-order valence-electron chi connectivity index (χ1n) is 9.71. The molecule has 1 amide bonds. The summed E-state index contributed by atoms with van der Waals surface area (Å²) >= 11 is 0. The van der Waals surface area contributed by atoms with E-state index in [1.165, 1.54) is 13.2 Å². The number of hydrogen-bond donors (Lipinski definition) is 2. The average molecular weight is 413 g/mol. The number of halogens is 2. The molecule has 2 aromatic heterocycles. The molecule has 8 heteroatoms. The zero-order valence-electron chi connectivity index (χ0n) is 16.6. The van der Waals surface area contributed by atoms with Gasteiger partial charge in [0.05, 0.1) is 30.5 Å². The summed E-state index contributed by atoms with van der Waals surface area (Å²) < 4.78 is 32.5. The van der Waals surface area contributed by atoms with Crippen molar-refractivity contribution in [3.8, 4) is 5.88 Å². The molecule has 1 atom stereocenters. The van der Waals surface area contributed by atoms with Crippen LogP contribution in [-0.2, 0) is 11.2 Å². The van der Waals surface area contributed by atoms with E-state index in [0.717, 1.165) is 30.5 Å². The predicted molar refractivity (Wildman–Crippen MR) is 108 cm³/mol. The van der Waals surface area contributed by atoms with Gasteiger partial charge in [0.25, 0.3) is 5.56 Å². The number of benzene rings is 1. The first-order valence-corrected chi connectivity index (χ1v) is 9.71. The van der Waals surface area contributed by atoms with E-state index in [-0.39, 0.29) is 23.5 Å². The molecule has 30 heavy (non-hydrogen) atoms. The molecule has 1 aliphatic carbocycles. The third-order valence-electron chi connectivity index (χ3n) is 5.36. The Balaban J connectivity index is 1.66. The normalized spacial score (nSPS) is 14.5. The van der Waals surface area contributed by atoms with Crippen molar-refractivity contribution in [3.05, 3.63) is 69.1 Å². The molecule has 2 heterocycles. The number of aromatic nitrogens is 2. The fourth-order valence-electron chi connectivity index (χ4n) is 3.81. The summed E-state index contributed by atoms with van der Waals surface area (Å²) in [5.41, 5.74) is 1.59. The predicted octanol–water partition coefficient (Wildman–Crippen LogP) is 3.51. The second-order valence-corrected chi connectivity index (χ2v) is 7.50. The van der Waals surface area contributed by atoms with Gasteiger partial charge in [0, 0.05) is 23.4 Å². The number of aromatic amines is 1. The molecule has 2 N–H and O–H groups in total. The maximum Gasteiger partial charge on any atom is 0.252 e. The van der Waals surface area contributed by atoms with Crippen LogP contribution in [0.15, 0.2) is 35.3 Å². The van der Waals surface area contributed by atoms with Gasteiger partial charge >= 0.3 is 0 Å². The van der Waals surface area contributed by atoms with Crippen LogP contribution in [0.5, 0.6) is 5.88 Å². The van der Waals surface area contributed by atoms with Crippen LogP contribution in [0.2, 0.25) is 0 Å². The molecule has 1 saturated carbocycles. The largest absolute Gasteiger partial charge is 0.480 e. The van der Waals surface area contributed by atoms with Gasteiger partial charge in [0.2, 0.25) is 11.8 Å². The number of pyridine rings is 2. The van der Waals surface area contributed by atoms with E-state index in [1.54, 1.807) is 19.2 Å². The van der Waals surface area contributed by atoms with Crippen LogP contribution >= 0.6 is 0 Å². The Morgan fingerprint density at radius 3 is 2.77 bits per heavy atom. The second kappa shape index (κ2) is 7.85. The molecule has 4 rings (SSSR count). The number of fused-ring (bicyclic) bond motifs is 1. The third kappa shape index (κ3) is 3.77. The zero-order valence-corrected chi connectivity index (χ0v) is 16.6. The van der Waals surface area contributed by atoms with Gasteiger partial charge in [0.1, 0.15) is 11.6 Å². The lowest BCUT2D eigenvalue weighted by Gasteiger charge is -2.17. The molecule has 1 aromatic carbocycles. The SMILES string of the molecule is COc1nccc2[nH]c(=O)c(CC(=O)N[C@@H](C)c3ccc(F)cc3F)c(C3CC3)c12. The lowest BCUT2D eigenvalue weighted by molar-refractivity contribution is -0.121. The first-order chi connectivity index (χ1) is 14.4. The van der Waals surface area contributed by atoms with Crippen LogP contribution < -0.4 is 15.6 Å². The molecule has 6 nitrogen and oxygen atoms in total. The highest BCUT2D eigenvalue weighted by atomic mass is 19.1. The van der Waals surface area contributed by atoms with Gasteiger partial charge in [-0.05, 0) is 43.4 Å². The fraction of sp³-hybridized carbons (Fsp3) is 0.318. The average Bonchev–Trinajstić information content (AvgIpc) is 3.52. The van der Waals surface area contributed by atoms with Gasteiger partial charge in [0.15, 0.2) is 0 Å². The molecule has 3 aromatic rings. The molecule has 1 aliphatic rings. The van der Waals surface area contributed by atoms with Gasteiger partial charge < -0.3 is 15.0 Å². The summed E-state index contributed by atoms with van der Waals surface area (Å²) in [6.07, 6.45) is 3.23. The Morgan fingerprint density at radius 1 is 1.33 bits per heavy atom. The minimum Gasteiger partial charge on any atom is -0.480 e. The van der Waals surface area contributed by atoms with Crippen LogP contribution in [0, 0.1) is 11.6 Å². The Labute approximate surface area is 171 Å². The summed E-state index contributed by atoms with van der Waals surface area (Å²) in [6.45, 7) is 1.60. The Bertz CT molecular complexity index is 1190. The van der Waals surface area contributed by atoms with Crippen molar-refractivity contribution in [1.82, 2.24) is 15.3 Å². The molecule has 0 saturated heterocycles. The number of nitrogens with one attached hydrogen (secondary N) is 2. The molecular weight excluding hydrogens is 392 g/mol. The van der Waals surface area contributed by atoms with E-state index in [9.17, 15) is 18.4 Å². The van der Waals surface area contributed by atoms with Crippen LogP contribution in [0.25, 0.3) is 10.9 Å². The number of carbonyl (C=O) groups is 1. The monoisotopic (exact) mass is 413 g/mol. The minimum absolute atomic E-state index is 0.164. The van der Waals surface area contributed by atoms with Gasteiger partial charge in [-0.15, -0.1) is 0 Å². The molecule has 1 fully saturated rings. The molecule has 0 bridgehead atoms. The van der Waals surface area contributed by atoms with Crippen LogP contribution in [0.4, 0.5) is 8.78 Å². The van der Waals surface area contributed by atoms with Gasteiger partial charge in [-0.2, -0.15) is 0 Å². The quantitative estimate of drug-likeness (QED) is 0.648. The van der Waals surface area contributed by atoms with E-state index in [0.29, 0.717) is 22.3 Å². The molecule has 0 spiro atoms. The highest BCUT2D eigenvalue weighted by Gasteiger charge is 2.32. The smallest absolute Gasteiger partial charge is 0.252 e. The van der Waals surface area contributed by atoms with Crippen molar-refractivity contribution in [2.75, 3.05) is 7.11 Å². The van der Waals surface area contributed by atoms with Crippen LogP contribution in [0.3, 0.4) is 0 Å². The summed E-state index contributed by atoms with van der Waals surface area (Å²) in [5, 5.41) is 3.41. The van der Waals surface area contributed by atoms with Crippen molar-refractivity contribution in [1.29, 1.82) is 0 Å². The number of ether oxygens (including phenoxy) is 1. The number of amides is 1. The second-order valence-electron chi connectivity index (χ2n) is 7.50. The molecular formula is C22H21F2N3O3. The lowest BCUT2D eigenvalue weighted by Crippen LogP contribution is -2.31. The van der Waals surface area contributed by atoms with E-state index in [2.05, 4.69) is 15.3 Å². The van der Waals surface area contributed by atoms with Gasteiger partial charge in [-0.1, -0.05) is 6.07 Å². The van der Waals surface area contributed by atoms with E-state index in [1.807, 2.05) is 0 Å². The minimum atomic E-state index is -0.735. The van der Waals surface area contributed by atoms with E-state index in [4.69, 9.17) is 4.74 Å². The van der Waals surface area contributed by atoms with Crippen molar-refractivity contribution in [3.63, 3.8) is 0 Å². The molecule has 0 aliphatic heterocycles. The fourth-order valence-corrected chi connectivity index (χ4v) is 3.81. The highest BCUT2D eigenvalue weighted by molar-refractivity contribution is 5.90. The van der Waals surface area contributed by atoms with Gasteiger partial charge in [-0.25, -0.2) is 13.8 Å². The standard InChI is InChI=1S/C22H21F2N3O3/c1-11(14-6-5-13(23)9-16(14)24)26-18(28)10-15-19(12-3-4-12)20-17(27-21(15)29)7-8-25-22(20)30-2/h5-9,11-12H,3-4,10H2,1-2H3,(H,26,28)(H,27,29)/t11-/m0/s1. The Hall–Kier alpha value is -3.29. The number of nitrogens with zero attached hydrogens (tertiary/aromatic N) is 1. The van der Waals surface area contributed by atoms with Crippen molar-refractivity contribution >= 4 is 16.8 Å². The summed E-state index contributed by atoms with van der Waals surface area (Å²) in [7, 11) is 1.51. The maximum atomic E-state index is 14.0. The van der Waals surface area contributed by atoms with Gasteiger partial charge in [-0.3, -0.25) is 9.59 Å².